The Morgan fingerprint density at radius 2 is 2.00 bits per heavy atom. The number of halogens is 2. The molecule has 1 rings (SSSR count). The molecule has 0 aromatic heterocycles. The molecule has 2 amide bonds. The molecular formula is C12H14ClIN2O3. The highest BCUT2D eigenvalue weighted by molar-refractivity contribution is 14.1. The Balaban J connectivity index is 2.65. The summed E-state index contributed by atoms with van der Waals surface area (Å²) < 4.78 is 0.934. The fraction of sp³-hybridized carbons (Fsp3) is 0.333. The van der Waals surface area contributed by atoms with E-state index in [1.165, 1.54) is 6.92 Å². The lowest BCUT2D eigenvalue weighted by Crippen LogP contribution is -2.42. The quantitative estimate of drug-likeness (QED) is 0.684. The third kappa shape index (κ3) is 4.87. The number of nitrogens with one attached hydrogen (secondary N) is 2. The van der Waals surface area contributed by atoms with E-state index in [2.05, 4.69) is 33.2 Å². The molecule has 5 nitrogen and oxygen atoms in total. The molecule has 0 spiro atoms. The van der Waals surface area contributed by atoms with Gasteiger partial charge in [-0.05, 0) is 54.6 Å². The molecule has 0 bridgehead atoms. The second kappa shape index (κ2) is 6.95. The second-order valence-corrected chi connectivity index (χ2v) is 5.79. The topological polar surface area (TPSA) is 78.4 Å². The van der Waals surface area contributed by atoms with Gasteiger partial charge in [-0.1, -0.05) is 11.6 Å². The van der Waals surface area contributed by atoms with Crippen molar-refractivity contribution in [1.82, 2.24) is 5.32 Å². The Bertz CT molecular complexity index is 496. The van der Waals surface area contributed by atoms with Gasteiger partial charge in [0, 0.05) is 9.61 Å². The molecule has 0 aliphatic heterocycles. The van der Waals surface area contributed by atoms with Crippen LogP contribution in [-0.2, 0) is 4.79 Å². The van der Waals surface area contributed by atoms with E-state index in [4.69, 9.17) is 16.7 Å². The summed E-state index contributed by atoms with van der Waals surface area (Å²) in [5.74, 6) is -1.63. The van der Waals surface area contributed by atoms with Gasteiger partial charge in [0.05, 0.1) is 16.6 Å². The number of hydrogen-bond donors (Lipinski definition) is 3. The number of carboxylic acid groups (broad SMARTS) is 1. The number of carbonyl (C=O) groups excluding carboxylic acids is 1. The van der Waals surface area contributed by atoms with Crippen molar-refractivity contribution < 1.29 is 14.7 Å². The van der Waals surface area contributed by atoms with E-state index in [0.717, 1.165) is 3.57 Å². The number of aliphatic carboxylic acids is 1. The fourth-order valence-corrected chi connectivity index (χ4v) is 1.95. The summed E-state index contributed by atoms with van der Waals surface area (Å²) in [7, 11) is 0. The maximum absolute atomic E-state index is 11.7. The molecule has 2 atom stereocenters. The SMILES string of the molecule is CC(NC(=O)Nc1cc(I)ccc1Cl)C(C)C(=O)O. The maximum atomic E-state index is 11.7. The Labute approximate surface area is 129 Å². The molecule has 0 fully saturated rings. The van der Waals surface area contributed by atoms with E-state index in [1.54, 1.807) is 19.1 Å². The number of urea groups is 1. The smallest absolute Gasteiger partial charge is 0.319 e. The molecule has 7 heteroatoms. The molecule has 0 aliphatic rings. The Hall–Kier alpha value is -1.02. The van der Waals surface area contributed by atoms with E-state index < -0.39 is 24.0 Å². The van der Waals surface area contributed by atoms with Crippen molar-refractivity contribution in [2.24, 2.45) is 5.92 Å². The minimum Gasteiger partial charge on any atom is -0.481 e. The highest BCUT2D eigenvalue weighted by Gasteiger charge is 2.21. The molecule has 19 heavy (non-hydrogen) atoms. The number of carboxylic acids is 1. The van der Waals surface area contributed by atoms with E-state index in [0.29, 0.717) is 10.7 Å². The summed E-state index contributed by atoms with van der Waals surface area (Å²) in [4.78, 5) is 22.5. The van der Waals surface area contributed by atoms with Gasteiger partial charge in [-0.15, -0.1) is 0 Å². The van der Waals surface area contributed by atoms with E-state index in [1.807, 2.05) is 6.07 Å². The lowest BCUT2D eigenvalue weighted by atomic mass is 10.0. The van der Waals surface area contributed by atoms with Crippen LogP contribution in [0.15, 0.2) is 18.2 Å². The van der Waals surface area contributed by atoms with Gasteiger partial charge in [0.1, 0.15) is 0 Å². The standard InChI is InChI=1S/C12H14ClIN2O3/c1-6(11(17)18)7(2)15-12(19)16-10-5-8(14)3-4-9(10)13/h3-7H,1-2H3,(H,17,18)(H2,15,16,19). The van der Waals surface area contributed by atoms with Gasteiger partial charge < -0.3 is 15.7 Å². The highest BCUT2D eigenvalue weighted by atomic mass is 127. The van der Waals surface area contributed by atoms with Gasteiger partial charge in [-0.2, -0.15) is 0 Å². The molecular weight excluding hydrogens is 383 g/mol. The third-order valence-electron chi connectivity index (χ3n) is 2.67. The summed E-state index contributed by atoms with van der Waals surface area (Å²) in [6.07, 6.45) is 0. The summed E-state index contributed by atoms with van der Waals surface area (Å²) in [5, 5.41) is 14.4. The summed E-state index contributed by atoms with van der Waals surface area (Å²) in [6.45, 7) is 3.17. The van der Waals surface area contributed by atoms with Crippen LogP contribution in [-0.4, -0.2) is 23.1 Å². The number of benzene rings is 1. The van der Waals surface area contributed by atoms with E-state index in [-0.39, 0.29) is 0 Å². The van der Waals surface area contributed by atoms with E-state index in [9.17, 15) is 9.59 Å². The number of hydrogen-bond acceptors (Lipinski definition) is 2. The largest absolute Gasteiger partial charge is 0.481 e. The Morgan fingerprint density at radius 3 is 2.58 bits per heavy atom. The maximum Gasteiger partial charge on any atom is 0.319 e. The number of amides is 2. The van der Waals surface area contributed by atoms with Gasteiger partial charge in [0.15, 0.2) is 0 Å². The first kappa shape index (κ1) is 16.0. The average Bonchev–Trinajstić information content (AvgIpc) is 2.32. The van der Waals surface area contributed by atoms with Crippen LogP contribution in [0, 0.1) is 9.49 Å². The highest BCUT2D eigenvalue weighted by Crippen LogP contribution is 2.23. The summed E-state index contributed by atoms with van der Waals surface area (Å²) >= 11 is 8.06. The van der Waals surface area contributed by atoms with Crippen LogP contribution in [0.5, 0.6) is 0 Å². The molecule has 2 unspecified atom stereocenters. The molecule has 1 aromatic carbocycles. The summed E-state index contributed by atoms with van der Waals surface area (Å²) in [5.41, 5.74) is 0.487. The average molecular weight is 397 g/mol. The third-order valence-corrected chi connectivity index (χ3v) is 3.68. The van der Waals surface area contributed by atoms with Crippen LogP contribution in [0.25, 0.3) is 0 Å². The van der Waals surface area contributed by atoms with Crippen molar-refractivity contribution in [3.63, 3.8) is 0 Å². The first-order chi connectivity index (χ1) is 8.81. The normalized spacial score (nSPS) is 13.5. The van der Waals surface area contributed by atoms with Gasteiger partial charge in [-0.3, -0.25) is 4.79 Å². The van der Waals surface area contributed by atoms with Crippen LogP contribution < -0.4 is 10.6 Å². The lowest BCUT2D eigenvalue weighted by molar-refractivity contribution is -0.141. The monoisotopic (exact) mass is 396 g/mol. The molecule has 104 valence electrons. The predicted molar refractivity (Wildman–Crippen MR) is 82.6 cm³/mol. The Kier molecular flexibility index (Phi) is 5.86. The van der Waals surface area contributed by atoms with E-state index >= 15 is 0 Å². The molecule has 0 radical (unpaired) electrons. The van der Waals surface area contributed by atoms with Crippen molar-refractivity contribution in [3.05, 3.63) is 26.8 Å². The number of rotatable bonds is 4. The summed E-state index contributed by atoms with van der Waals surface area (Å²) in [6, 6.07) is 4.26. The fourth-order valence-electron chi connectivity index (χ4n) is 1.30. The molecule has 0 saturated heterocycles. The minimum atomic E-state index is -0.958. The zero-order valence-electron chi connectivity index (χ0n) is 10.4. The molecule has 0 saturated carbocycles. The zero-order chi connectivity index (χ0) is 14.6. The molecule has 0 heterocycles. The van der Waals surface area contributed by atoms with Crippen LogP contribution in [0.4, 0.5) is 10.5 Å². The molecule has 3 N–H and O–H groups in total. The van der Waals surface area contributed by atoms with Gasteiger partial charge in [0.25, 0.3) is 0 Å². The predicted octanol–water partition coefficient (Wildman–Crippen LogP) is 3.18. The van der Waals surface area contributed by atoms with Gasteiger partial charge in [-0.25, -0.2) is 4.79 Å². The van der Waals surface area contributed by atoms with Gasteiger partial charge in [0.2, 0.25) is 0 Å². The van der Waals surface area contributed by atoms with Crippen molar-refractivity contribution in [1.29, 1.82) is 0 Å². The van der Waals surface area contributed by atoms with Gasteiger partial charge >= 0.3 is 12.0 Å². The zero-order valence-corrected chi connectivity index (χ0v) is 13.3. The first-order valence-corrected chi connectivity index (χ1v) is 7.02. The van der Waals surface area contributed by atoms with Crippen molar-refractivity contribution in [2.45, 2.75) is 19.9 Å². The lowest BCUT2D eigenvalue weighted by Gasteiger charge is -2.18. The number of anilines is 1. The molecule has 0 aliphatic carbocycles. The van der Waals surface area contributed by atoms with Crippen LogP contribution in [0.2, 0.25) is 5.02 Å². The van der Waals surface area contributed by atoms with Crippen molar-refractivity contribution in [3.8, 4) is 0 Å². The molecule has 1 aromatic rings. The van der Waals surface area contributed by atoms with Crippen LogP contribution >= 0.6 is 34.2 Å². The minimum absolute atomic E-state index is 0.425. The van der Waals surface area contributed by atoms with Crippen molar-refractivity contribution >= 4 is 51.9 Å². The first-order valence-electron chi connectivity index (χ1n) is 5.56. The van der Waals surface area contributed by atoms with Crippen molar-refractivity contribution in [2.75, 3.05) is 5.32 Å². The second-order valence-electron chi connectivity index (χ2n) is 4.14. The van der Waals surface area contributed by atoms with Crippen LogP contribution in [0.3, 0.4) is 0 Å². The Morgan fingerprint density at radius 1 is 1.37 bits per heavy atom. The number of carbonyl (C=O) groups is 2. The van der Waals surface area contributed by atoms with Crippen LogP contribution in [0.1, 0.15) is 13.8 Å².